The van der Waals surface area contributed by atoms with Gasteiger partial charge in [0.15, 0.2) is 0 Å². The number of hydrogen-bond acceptors (Lipinski definition) is 5. The summed E-state index contributed by atoms with van der Waals surface area (Å²) in [6.45, 7) is 2.73. The zero-order chi connectivity index (χ0) is 24.0. The molecule has 4 N–H and O–H groups in total. The Morgan fingerprint density at radius 3 is 2.62 bits per heavy atom. The quantitative estimate of drug-likeness (QED) is 0.574. The van der Waals surface area contributed by atoms with Crippen molar-refractivity contribution < 1.29 is 19.1 Å². The zero-order valence-electron chi connectivity index (χ0n) is 19.7. The second kappa shape index (κ2) is 11.1. The molecule has 1 aromatic rings. The first kappa shape index (κ1) is 24.4. The zero-order valence-corrected chi connectivity index (χ0v) is 19.7. The number of carbonyl (C=O) groups is 3. The number of likely N-dealkylation sites (tertiary alicyclic amines) is 1. The van der Waals surface area contributed by atoms with Gasteiger partial charge in [0, 0.05) is 38.8 Å². The summed E-state index contributed by atoms with van der Waals surface area (Å²) in [7, 11) is 0. The summed E-state index contributed by atoms with van der Waals surface area (Å²) in [5.41, 5.74) is 5.86. The highest BCUT2D eigenvalue weighted by molar-refractivity contribution is 5.90. The number of allylic oxidation sites excluding steroid dienone is 2. The first-order valence-electron chi connectivity index (χ1n) is 12.3. The third-order valence-electron chi connectivity index (χ3n) is 7.48. The van der Waals surface area contributed by atoms with Crippen molar-refractivity contribution in [2.45, 2.75) is 50.6 Å². The molecule has 1 aromatic carbocycles. The Hall–Kier alpha value is -2.71. The first-order valence-corrected chi connectivity index (χ1v) is 12.3. The Morgan fingerprint density at radius 2 is 1.88 bits per heavy atom. The Morgan fingerprint density at radius 1 is 1.12 bits per heavy atom. The third kappa shape index (κ3) is 6.04. The van der Waals surface area contributed by atoms with E-state index in [0.29, 0.717) is 52.0 Å². The number of piperidine rings is 1. The van der Waals surface area contributed by atoms with Crippen LogP contribution in [0.4, 0.5) is 0 Å². The average molecular weight is 469 g/mol. The fourth-order valence-electron chi connectivity index (χ4n) is 5.42. The number of nitrogens with two attached hydrogens (primary N) is 1. The van der Waals surface area contributed by atoms with Crippen molar-refractivity contribution in [2.75, 3.05) is 32.8 Å². The summed E-state index contributed by atoms with van der Waals surface area (Å²) < 4.78 is 5.55. The van der Waals surface area contributed by atoms with Crippen molar-refractivity contribution in [3.05, 3.63) is 48.0 Å². The molecule has 3 heterocycles. The van der Waals surface area contributed by atoms with Gasteiger partial charge in [-0.25, -0.2) is 0 Å². The standard InChI is InChI=1S/C26H36N4O4/c27-23(31)18-30-13-9-21-20(17-30)8-4-5-10-26(11-14-34-15-12-26)25(33)29-22(24(32)28-21)16-19-6-2-1-3-7-19/h1-7,20-22H,8-18H2,(H2,27,31)(H,28,32)(H,29,33)/t20-,21-,22+/m1/s1. The summed E-state index contributed by atoms with van der Waals surface area (Å²) in [5, 5.41) is 6.35. The van der Waals surface area contributed by atoms with Crippen molar-refractivity contribution in [3.63, 3.8) is 0 Å². The largest absolute Gasteiger partial charge is 0.381 e. The number of fused-ring (bicyclic) bond motifs is 1. The number of benzene rings is 1. The van der Waals surface area contributed by atoms with E-state index in [0.717, 1.165) is 18.4 Å². The van der Waals surface area contributed by atoms with E-state index >= 15 is 0 Å². The third-order valence-corrected chi connectivity index (χ3v) is 7.48. The highest BCUT2D eigenvalue weighted by atomic mass is 16.5. The van der Waals surface area contributed by atoms with Crippen LogP contribution in [0.1, 0.15) is 37.7 Å². The van der Waals surface area contributed by atoms with Gasteiger partial charge in [0.1, 0.15) is 6.04 Å². The van der Waals surface area contributed by atoms with E-state index in [1.807, 2.05) is 30.3 Å². The van der Waals surface area contributed by atoms with Crippen LogP contribution in [-0.4, -0.2) is 67.6 Å². The summed E-state index contributed by atoms with van der Waals surface area (Å²) in [6.07, 6.45) is 8.11. The Kier molecular flexibility index (Phi) is 8.00. The van der Waals surface area contributed by atoms with Gasteiger partial charge in [0.2, 0.25) is 17.7 Å². The molecule has 3 amide bonds. The van der Waals surface area contributed by atoms with Crippen molar-refractivity contribution in [2.24, 2.45) is 17.1 Å². The molecule has 3 aliphatic rings. The predicted octanol–water partition coefficient (Wildman–Crippen LogP) is 1.15. The molecule has 1 spiro atoms. The number of carbonyl (C=O) groups excluding carboxylic acids is 3. The molecule has 0 bridgehead atoms. The molecule has 0 aliphatic carbocycles. The molecule has 0 aromatic heterocycles. The number of nitrogens with zero attached hydrogens (tertiary/aromatic N) is 1. The molecule has 34 heavy (non-hydrogen) atoms. The Balaban J connectivity index is 1.59. The summed E-state index contributed by atoms with van der Waals surface area (Å²) >= 11 is 0. The molecule has 8 heteroatoms. The van der Waals surface area contributed by atoms with E-state index in [2.05, 4.69) is 27.7 Å². The molecule has 8 nitrogen and oxygen atoms in total. The molecular weight excluding hydrogens is 432 g/mol. The SMILES string of the molecule is NC(=O)CN1CC[C@H]2NC(=O)[C@H](Cc3ccccc3)NC(=O)C3(CC=CC[C@@H]2C1)CCOCC3. The van der Waals surface area contributed by atoms with E-state index in [1.54, 1.807) is 0 Å². The maximum atomic E-state index is 13.6. The maximum Gasteiger partial charge on any atom is 0.243 e. The van der Waals surface area contributed by atoms with E-state index in [-0.39, 0.29) is 36.2 Å². The lowest BCUT2D eigenvalue weighted by atomic mass is 9.75. The van der Waals surface area contributed by atoms with Crippen LogP contribution in [0.15, 0.2) is 42.5 Å². The van der Waals surface area contributed by atoms with Crippen LogP contribution in [0.2, 0.25) is 0 Å². The molecule has 3 aliphatic heterocycles. The minimum Gasteiger partial charge on any atom is -0.381 e. The van der Waals surface area contributed by atoms with E-state index in [9.17, 15) is 14.4 Å². The number of nitrogens with one attached hydrogen (secondary N) is 2. The summed E-state index contributed by atoms with van der Waals surface area (Å²) in [5.74, 6) is -0.378. The van der Waals surface area contributed by atoms with Gasteiger partial charge in [-0.3, -0.25) is 19.3 Å². The molecule has 0 unspecified atom stereocenters. The fraction of sp³-hybridized carbons (Fsp3) is 0.577. The number of rotatable bonds is 4. The highest BCUT2D eigenvalue weighted by Gasteiger charge is 2.41. The molecular formula is C26H36N4O4. The van der Waals surface area contributed by atoms with Gasteiger partial charge in [-0.15, -0.1) is 0 Å². The van der Waals surface area contributed by atoms with Gasteiger partial charge in [0.05, 0.1) is 12.0 Å². The highest BCUT2D eigenvalue weighted by Crippen LogP contribution is 2.36. The number of ether oxygens (including phenoxy) is 1. The second-order valence-electron chi connectivity index (χ2n) is 9.88. The van der Waals surface area contributed by atoms with E-state index in [4.69, 9.17) is 10.5 Å². The second-order valence-corrected chi connectivity index (χ2v) is 9.88. The van der Waals surface area contributed by atoms with Crippen molar-refractivity contribution in [3.8, 4) is 0 Å². The van der Waals surface area contributed by atoms with Gasteiger partial charge >= 0.3 is 0 Å². The summed E-state index contributed by atoms with van der Waals surface area (Å²) in [6, 6.07) is 9.12. The molecule has 3 atom stereocenters. The normalized spacial score (nSPS) is 28.2. The monoisotopic (exact) mass is 468 g/mol. The van der Waals surface area contributed by atoms with Gasteiger partial charge in [-0.05, 0) is 43.6 Å². The smallest absolute Gasteiger partial charge is 0.243 e. The first-order chi connectivity index (χ1) is 16.4. The van der Waals surface area contributed by atoms with Crippen LogP contribution < -0.4 is 16.4 Å². The lowest BCUT2D eigenvalue weighted by molar-refractivity contribution is -0.140. The van der Waals surface area contributed by atoms with Gasteiger partial charge in [-0.2, -0.15) is 0 Å². The molecule has 0 saturated carbocycles. The van der Waals surface area contributed by atoms with Crippen molar-refractivity contribution in [1.29, 1.82) is 0 Å². The number of primary amides is 1. The predicted molar refractivity (Wildman–Crippen MR) is 129 cm³/mol. The van der Waals surface area contributed by atoms with Gasteiger partial charge in [-0.1, -0.05) is 42.5 Å². The lowest BCUT2D eigenvalue weighted by Crippen LogP contribution is -2.58. The van der Waals surface area contributed by atoms with Crippen molar-refractivity contribution in [1.82, 2.24) is 15.5 Å². The van der Waals surface area contributed by atoms with Crippen LogP contribution >= 0.6 is 0 Å². The fourth-order valence-corrected chi connectivity index (χ4v) is 5.42. The number of amides is 3. The Bertz CT molecular complexity index is 897. The van der Waals surface area contributed by atoms with Gasteiger partial charge in [0.25, 0.3) is 0 Å². The van der Waals surface area contributed by atoms with Crippen molar-refractivity contribution >= 4 is 17.7 Å². The minimum absolute atomic E-state index is 0.0204. The maximum absolute atomic E-state index is 13.6. The lowest BCUT2D eigenvalue weighted by Gasteiger charge is -2.40. The van der Waals surface area contributed by atoms with E-state index < -0.39 is 11.5 Å². The van der Waals surface area contributed by atoms with Crippen LogP contribution in [0.25, 0.3) is 0 Å². The van der Waals surface area contributed by atoms with Crippen LogP contribution in [0.3, 0.4) is 0 Å². The topological polar surface area (TPSA) is 114 Å². The van der Waals surface area contributed by atoms with Gasteiger partial charge < -0.3 is 21.1 Å². The van der Waals surface area contributed by atoms with E-state index in [1.165, 1.54) is 0 Å². The van der Waals surface area contributed by atoms with Crippen LogP contribution in [-0.2, 0) is 25.5 Å². The molecule has 2 saturated heterocycles. The summed E-state index contributed by atoms with van der Waals surface area (Å²) in [4.78, 5) is 40.6. The number of hydrogen-bond donors (Lipinski definition) is 3. The molecule has 2 fully saturated rings. The van der Waals surface area contributed by atoms with Crippen LogP contribution in [0, 0.1) is 11.3 Å². The molecule has 184 valence electrons. The van der Waals surface area contributed by atoms with Crippen LogP contribution in [0.5, 0.6) is 0 Å². The molecule has 0 radical (unpaired) electrons. The minimum atomic E-state index is -0.651. The molecule has 4 rings (SSSR count). The Labute approximate surface area is 201 Å². The average Bonchev–Trinajstić information content (AvgIpc) is 2.83.